The molecule has 116 valence electrons. The molecule has 0 bridgehead atoms. The molecule has 4 heteroatoms. The zero-order chi connectivity index (χ0) is 15.7. The first-order valence-electron chi connectivity index (χ1n) is 7.72. The highest BCUT2D eigenvalue weighted by Gasteiger charge is 2.26. The number of anilines is 1. The summed E-state index contributed by atoms with van der Waals surface area (Å²) >= 11 is 1.83. The molecule has 1 amide bonds. The first kappa shape index (κ1) is 15.3. The van der Waals surface area contributed by atoms with Gasteiger partial charge >= 0.3 is 0 Å². The molecular weight excluding hydrogens is 292 g/mol. The molecule has 1 atom stereocenters. The molecule has 1 aliphatic rings. The smallest absolute Gasteiger partial charge is 0.241 e. The Labute approximate surface area is 136 Å². The van der Waals surface area contributed by atoms with Crippen LogP contribution in [-0.4, -0.2) is 23.4 Å². The summed E-state index contributed by atoms with van der Waals surface area (Å²) in [7, 11) is 0. The molecule has 3 nitrogen and oxygen atoms in total. The Balaban J connectivity index is 1.69. The lowest BCUT2D eigenvalue weighted by molar-refractivity contribution is -0.121. The molecule has 0 aliphatic carbocycles. The van der Waals surface area contributed by atoms with Crippen molar-refractivity contribution in [2.45, 2.75) is 39.8 Å². The number of aryl methyl sites for hydroxylation is 2. The third-order valence-corrected chi connectivity index (χ3v) is 5.44. The van der Waals surface area contributed by atoms with Crippen molar-refractivity contribution in [2.75, 3.05) is 11.9 Å². The van der Waals surface area contributed by atoms with E-state index in [0.29, 0.717) is 0 Å². The van der Waals surface area contributed by atoms with Crippen LogP contribution in [0.2, 0.25) is 0 Å². The Morgan fingerprint density at radius 3 is 2.95 bits per heavy atom. The molecular formula is C18H22N2OS. The van der Waals surface area contributed by atoms with Crippen molar-refractivity contribution in [3.8, 4) is 0 Å². The second-order valence-electron chi connectivity index (χ2n) is 6.07. The molecule has 0 radical (unpaired) electrons. The van der Waals surface area contributed by atoms with E-state index >= 15 is 0 Å². The largest absolute Gasteiger partial charge is 0.324 e. The summed E-state index contributed by atoms with van der Waals surface area (Å²) in [5.74, 6) is 0.0763. The zero-order valence-corrected chi connectivity index (χ0v) is 14.2. The molecule has 0 fully saturated rings. The van der Waals surface area contributed by atoms with Crippen molar-refractivity contribution in [3.63, 3.8) is 0 Å². The average molecular weight is 314 g/mol. The topological polar surface area (TPSA) is 32.3 Å². The highest BCUT2D eigenvalue weighted by atomic mass is 32.1. The number of rotatable bonds is 3. The first-order chi connectivity index (χ1) is 10.5. The van der Waals surface area contributed by atoms with Gasteiger partial charge in [0.2, 0.25) is 5.91 Å². The van der Waals surface area contributed by atoms with Crippen LogP contribution >= 0.6 is 11.3 Å². The fraction of sp³-hybridized carbons (Fsp3) is 0.389. The number of fused-ring (bicyclic) bond motifs is 1. The highest BCUT2D eigenvalue weighted by Crippen LogP contribution is 2.25. The summed E-state index contributed by atoms with van der Waals surface area (Å²) in [6, 6.07) is 8.22. The van der Waals surface area contributed by atoms with Crippen molar-refractivity contribution in [1.29, 1.82) is 0 Å². The third kappa shape index (κ3) is 3.08. The van der Waals surface area contributed by atoms with Gasteiger partial charge in [-0.25, -0.2) is 0 Å². The molecule has 2 heterocycles. The number of nitrogens with zero attached hydrogens (tertiary/aromatic N) is 1. The predicted octanol–water partition coefficient (Wildman–Crippen LogP) is 3.75. The average Bonchev–Trinajstić information content (AvgIpc) is 2.97. The van der Waals surface area contributed by atoms with Gasteiger partial charge in [0.1, 0.15) is 0 Å². The van der Waals surface area contributed by atoms with Crippen molar-refractivity contribution in [1.82, 2.24) is 4.90 Å². The number of carbonyl (C=O) groups excluding carboxylic acids is 1. The van der Waals surface area contributed by atoms with Gasteiger partial charge in [-0.05, 0) is 61.4 Å². The summed E-state index contributed by atoms with van der Waals surface area (Å²) in [5, 5.41) is 5.24. The van der Waals surface area contributed by atoms with Crippen molar-refractivity contribution >= 4 is 22.9 Å². The highest BCUT2D eigenvalue weighted by molar-refractivity contribution is 7.10. The van der Waals surface area contributed by atoms with Crippen LogP contribution in [0.15, 0.2) is 29.6 Å². The van der Waals surface area contributed by atoms with Gasteiger partial charge in [0.05, 0.1) is 6.04 Å². The Morgan fingerprint density at radius 2 is 2.14 bits per heavy atom. The Morgan fingerprint density at radius 1 is 1.32 bits per heavy atom. The van der Waals surface area contributed by atoms with E-state index in [1.54, 1.807) is 0 Å². The van der Waals surface area contributed by atoms with Gasteiger partial charge in [0.15, 0.2) is 0 Å². The predicted molar refractivity (Wildman–Crippen MR) is 92.4 cm³/mol. The van der Waals surface area contributed by atoms with Crippen LogP contribution in [0.1, 0.15) is 28.5 Å². The Hall–Kier alpha value is -1.65. The van der Waals surface area contributed by atoms with Crippen molar-refractivity contribution < 1.29 is 4.79 Å². The van der Waals surface area contributed by atoms with E-state index in [-0.39, 0.29) is 11.9 Å². The van der Waals surface area contributed by atoms with E-state index in [0.717, 1.165) is 36.3 Å². The van der Waals surface area contributed by atoms with Gasteiger partial charge in [-0.15, -0.1) is 11.3 Å². The van der Waals surface area contributed by atoms with E-state index in [4.69, 9.17) is 0 Å². The lowest BCUT2D eigenvalue weighted by atomic mass is 10.1. The molecule has 1 aromatic carbocycles. The normalized spacial score (nSPS) is 16.1. The second kappa shape index (κ2) is 6.23. The van der Waals surface area contributed by atoms with Crippen molar-refractivity contribution in [3.05, 3.63) is 51.2 Å². The maximum Gasteiger partial charge on any atom is 0.241 e. The molecule has 0 saturated heterocycles. The first-order valence-corrected chi connectivity index (χ1v) is 8.60. The summed E-state index contributed by atoms with van der Waals surface area (Å²) in [6.45, 7) is 7.90. The monoisotopic (exact) mass is 314 g/mol. The molecule has 1 N–H and O–H groups in total. The minimum absolute atomic E-state index is 0.0763. The minimum Gasteiger partial charge on any atom is -0.324 e. The van der Waals surface area contributed by atoms with Gasteiger partial charge in [-0.3, -0.25) is 9.69 Å². The molecule has 0 saturated carbocycles. The molecule has 3 rings (SSSR count). The molecule has 0 spiro atoms. The summed E-state index contributed by atoms with van der Waals surface area (Å²) in [6.07, 6.45) is 1.05. The van der Waals surface area contributed by atoms with Crippen LogP contribution in [0.5, 0.6) is 0 Å². The van der Waals surface area contributed by atoms with Crippen LogP contribution in [0, 0.1) is 13.8 Å². The van der Waals surface area contributed by atoms with Gasteiger partial charge in [0, 0.05) is 23.7 Å². The summed E-state index contributed by atoms with van der Waals surface area (Å²) in [5.41, 5.74) is 4.56. The number of thiophene rings is 1. The van der Waals surface area contributed by atoms with Gasteiger partial charge < -0.3 is 5.32 Å². The van der Waals surface area contributed by atoms with Gasteiger partial charge in [-0.1, -0.05) is 12.1 Å². The van der Waals surface area contributed by atoms with Crippen LogP contribution < -0.4 is 5.32 Å². The SMILES string of the molecule is Cc1ccc(C)c(NC(=O)[C@H](C)N2CCc3sccc3C2)c1. The molecule has 1 aliphatic heterocycles. The Kier molecular flexibility index (Phi) is 4.32. The fourth-order valence-electron chi connectivity index (χ4n) is 2.87. The summed E-state index contributed by atoms with van der Waals surface area (Å²) in [4.78, 5) is 16.3. The lowest BCUT2D eigenvalue weighted by Crippen LogP contribution is -2.44. The standard InChI is InChI=1S/C18H22N2OS/c1-12-4-5-13(2)16(10-12)19-18(21)14(3)20-8-6-17-15(11-20)7-9-22-17/h4-5,7,9-10,14H,6,8,11H2,1-3H3,(H,19,21)/t14-/m0/s1. The lowest BCUT2D eigenvalue weighted by Gasteiger charge is -2.31. The number of amides is 1. The van der Waals surface area contributed by atoms with E-state index in [9.17, 15) is 4.79 Å². The van der Waals surface area contributed by atoms with Gasteiger partial charge in [-0.2, -0.15) is 0 Å². The molecule has 22 heavy (non-hydrogen) atoms. The van der Waals surface area contributed by atoms with E-state index in [1.165, 1.54) is 10.4 Å². The minimum atomic E-state index is -0.118. The van der Waals surface area contributed by atoms with E-state index in [2.05, 4.69) is 27.7 Å². The van der Waals surface area contributed by atoms with Crippen LogP contribution in [0.3, 0.4) is 0 Å². The quantitative estimate of drug-likeness (QED) is 0.936. The molecule has 0 unspecified atom stereocenters. The zero-order valence-electron chi connectivity index (χ0n) is 13.3. The second-order valence-corrected chi connectivity index (χ2v) is 7.07. The van der Waals surface area contributed by atoms with Crippen LogP contribution in [0.4, 0.5) is 5.69 Å². The third-order valence-electron chi connectivity index (χ3n) is 4.42. The number of nitrogens with one attached hydrogen (secondary N) is 1. The van der Waals surface area contributed by atoms with E-state index in [1.807, 2.05) is 44.2 Å². The molecule has 2 aromatic rings. The van der Waals surface area contributed by atoms with Crippen LogP contribution in [0.25, 0.3) is 0 Å². The molecule has 1 aromatic heterocycles. The maximum absolute atomic E-state index is 12.6. The van der Waals surface area contributed by atoms with Crippen molar-refractivity contribution in [2.24, 2.45) is 0 Å². The number of carbonyl (C=O) groups is 1. The number of hydrogen-bond donors (Lipinski definition) is 1. The fourth-order valence-corrected chi connectivity index (χ4v) is 3.76. The number of benzene rings is 1. The van der Waals surface area contributed by atoms with E-state index < -0.39 is 0 Å². The Bertz CT molecular complexity index is 692. The number of hydrogen-bond acceptors (Lipinski definition) is 3. The summed E-state index contributed by atoms with van der Waals surface area (Å²) < 4.78 is 0. The maximum atomic E-state index is 12.6. The van der Waals surface area contributed by atoms with Crippen LogP contribution in [-0.2, 0) is 17.8 Å². The van der Waals surface area contributed by atoms with Gasteiger partial charge in [0.25, 0.3) is 0 Å².